The van der Waals surface area contributed by atoms with Gasteiger partial charge in [0.1, 0.15) is 0 Å². The van der Waals surface area contributed by atoms with E-state index in [1.807, 2.05) is 42.5 Å². The molecule has 168 valence electrons. The molecule has 0 bridgehead atoms. The van der Waals surface area contributed by atoms with Gasteiger partial charge >= 0.3 is 0 Å². The molecular weight excluding hydrogens is 493 g/mol. The van der Waals surface area contributed by atoms with E-state index in [1.54, 1.807) is 0 Å². The van der Waals surface area contributed by atoms with E-state index in [0.717, 1.165) is 36.6 Å². The molecule has 2 rings (SSSR count). The van der Waals surface area contributed by atoms with Gasteiger partial charge in [-0.05, 0) is 38.3 Å². The summed E-state index contributed by atoms with van der Waals surface area (Å²) < 4.78 is 0. The summed E-state index contributed by atoms with van der Waals surface area (Å²) in [6.07, 6.45) is 1.63. The summed E-state index contributed by atoms with van der Waals surface area (Å²) in [6.45, 7) is 10.5. The fraction of sp³-hybridized carbons (Fsp3) is 0.591. The summed E-state index contributed by atoms with van der Waals surface area (Å²) in [6, 6.07) is 8.25. The minimum atomic E-state index is 0. The van der Waals surface area contributed by atoms with Crippen molar-refractivity contribution < 1.29 is 9.59 Å². The molecule has 0 aliphatic carbocycles. The minimum absolute atomic E-state index is 0. The summed E-state index contributed by atoms with van der Waals surface area (Å²) in [7, 11) is 1.89. The van der Waals surface area contributed by atoms with E-state index in [2.05, 4.69) is 34.6 Å². The van der Waals surface area contributed by atoms with E-state index in [1.165, 1.54) is 0 Å². The number of carbonyl (C=O) groups excluding carboxylic acids is 2. The number of rotatable bonds is 9. The Morgan fingerprint density at radius 3 is 2.30 bits per heavy atom. The number of amides is 2. The molecule has 1 N–H and O–H groups in total. The fourth-order valence-electron chi connectivity index (χ4n) is 3.43. The van der Waals surface area contributed by atoms with E-state index in [4.69, 9.17) is 0 Å². The van der Waals surface area contributed by atoms with E-state index < -0.39 is 0 Å². The van der Waals surface area contributed by atoms with E-state index in [9.17, 15) is 9.59 Å². The highest BCUT2D eigenvalue weighted by molar-refractivity contribution is 14.0. The number of aliphatic imine (C=N–C) groups is 1. The second-order valence-electron chi connectivity index (χ2n) is 7.33. The van der Waals surface area contributed by atoms with Crippen LogP contribution in [-0.2, 0) is 22.7 Å². The van der Waals surface area contributed by atoms with Gasteiger partial charge in [0.15, 0.2) is 5.96 Å². The molecule has 7 nitrogen and oxygen atoms in total. The predicted octanol–water partition coefficient (Wildman–Crippen LogP) is 2.69. The smallest absolute Gasteiger partial charge is 0.242 e. The zero-order valence-corrected chi connectivity index (χ0v) is 21.0. The van der Waals surface area contributed by atoms with Crippen molar-refractivity contribution in [1.82, 2.24) is 20.0 Å². The molecule has 1 aliphatic rings. The van der Waals surface area contributed by atoms with Crippen LogP contribution in [0.2, 0.25) is 0 Å². The first-order valence-electron chi connectivity index (χ1n) is 10.6. The minimum Gasteiger partial charge on any atom is -0.357 e. The first-order valence-corrected chi connectivity index (χ1v) is 10.6. The first kappa shape index (κ1) is 26.2. The Balaban J connectivity index is 0.00000450. The van der Waals surface area contributed by atoms with Crippen molar-refractivity contribution >= 4 is 41.8 Å². The summed E-state index contributed by atoms with van der Waals surface area (Å²) in [5, 5.41) is 3.26. The van der Waals surface area contributed by atoms with Crippen LogP contribution >= 0.6 is 24.0 Å². The Kier molecular flexibility index (Phi) is 11.8. The maximum atomic E-state index is 12.4. The SMILES string of the molecule is CCNC(=NCc1ccc(CN2CCCC2=O)cc1)N(C)CC(=O)N(CC)CC.I. The van der Waals surface area contributed by atoms with Crippen molar-refractivity contribution in [3.05, 3.63) is 35.4 Å². The lowest BCUT2D eigenvalue weighted by atomic mass is 10.1. The van der Waals surface area contributed by atoms with Crippen LogP contribution in [0.4, 0.5) is 0 Å². The largest absolute Gasteiger partial charge is 0.357 e. The number of benzene rings is 1. The number of likely N-dealkylation sites (N-methyl/N-ethyl adjacent to an activating group) is 2. The topological polar surface area (TPSA) is 68.2 Å². The van der Waals surface area contributed by atoms with Crippen LogP contribution in [0.5, 0.6) is 0 Å². The third kappa shape index (κ3) is 7.77. The van der Waals surface area contributed by atoms with E-state index >= 15 is 0 Å². The van der Waals surface area contributed by atoms with Gasteiger partial charge < -0.3 is 20.0 Å². The molecule has 2 amide bonds. The molecule has 0 unspecified atom stereocenters. The van der Waals surface area contributed by atoms with Crippen LogP contribution in [0.1, 0.15) is 44.7 Å². The molecule has 8 heteroatoms. The number of halogens is 1. The molecule has 1 heterocycles. The number of guanidine groups is 1. The number of likely N-dealkylation sites (tertiary alicyclic amines) is 1. The Morgan fingerprint density at radius 1 is 1.13 bits per heavy atom. The first-order chi connectivity index (χ1) is 14.0. The third-order valence-electron chi connectivity index (χ3n) is 5.16. The van der Waals surface area contributed by atoms with Crippen molar-refractivity contribution in [1.29, 1.82) is 0 Å². The average Bonchev–Trinajstić information content (AvgIpc) is 3.11. The highest BCUT2D eigenvalue weighted by Crippen LogP contribution is 2.15. The summed E-state index contributed by atoms with van der Waals surface area (Å²) in [4.78, 5) is 34.4. The Morgan fingerprint density at radius 2 is 1.77 bits per heavy atom. The quantitative estimate of drug-likeness (QED) is 0.304. The summed E-state index contributed by atoms with van der Waals surface area (Å²) in [5.74, 6) is 1.07. The van der Waals surface area contributed by atoms with Crippen LogP contribution in [0.3, 0.4) is 0 Å². The van der Waals surface area contributed by atoms with Gasteiger partial charge in [-0.3, -0.25) is 9.59 Å². The highest BCUT2D eigenvalue weighted by atomic mass is 127. The zero-order valence-electron chi connectivity index (χ0n) is 18.7. The van der Waals surface area contributed by atoms with Gasteiger partial charge in [-0.25, -0.2) is 4.99 Å². The fourth-order valence-corrected chi connectivity index (χ4v) is 3.43. The second-order valence-corrected chi connectivity index (χ2v) is 7.33. The lowest BCUT2D eigenvalue weighted by molar-refractivity contribution is -0.131. The van der Waals surface area contributed by atoms with Gasteiger partial charge in [0.25, 0.3) is 0 Å². The lowest BCUT2D eigenvalue weighted by Gasteiger charge is -2.25. The molecule has 0 aromatic heterocycles. The van der Waals surface area contributed by atoms with Crippen molar-refractivity contribution in [2.75, 3.05) is 39.8 Å². The predicted molar refractivity (Wildman–Crippen MR) is 132 cm³/mol. The number of nitrogens with one attached hydrogen (secondary N) is 1. The summed E-state index contributed by atoms with van der Waals surface area (Å²) in [5.41, 5.74) is 2.24. The van der Waals surface area contributed by atoms with Crippen molar-refractivity contribution in [2.24, 2.45) is 4.99 Å². The van der Waals surface area contributed by atoms with Crippen LogP contribution in [0, 0.1) is 0 Å². The van der Waals surface area contributed by atoms with Gasteiger partial charge in [-0.2, -0.15) is 0 Å². The number of hydrogen-bond acceptors (Lipinski definition) is 3. The van der Waals surface area contributed by atoms with E-state index in [-0.39, 0.29) is 35.8 Å². The number of hydrogen-bond donors (Lipinski definition) is 1. The number of nitrogens with zero attached hydrogens (tertiary/aromatic N) is 4. The standard InChI is InChI=1S/C22H35N5O2.HI/c1-5-23-22(25(4)17-21(29)26(6-2)7-3)24-15-18-10-12-19(13-11-18)16-27-14-8-9-20(27)28;/h10-13H,5-9,14-17H2,1-4H3,(H,23,24);1H. The molecule has 1 aliphatic heterocycles. The Labute approximate surface area is 197 Å². The van der Waals surface area contributed by atoms with Gasteiger partial charge in [0.05, 0.1) is 13.1 Å². The second kappa shape index (κ2) is 13.5. The Hall–Kier alpha value is -1.84. The average molecular weight is 529 g/mol. The molecule has 0 saturated carbocycles. The van der Waals surface area contributed by atoms with Crippen LogP contribution in [-0.4, -0.2) is 72.2 Å². The van der Waals surface area contributed by atoms with Crippen LogP contribution in [0.25, 0.3) is 0 Å². The molecule has 0 atom stereocenters. The monoisotopic (exact) mass is 529 g/mol. The zero-order chi connectivity index (χ0) is 21.2. The van der Waals surface area contributed by atoms with Crippen LogP contribution in [0.15, 0.2) is 29.3 Å². The molecule has 1 aromatic rings. The highest BCUT2D eigenvalue weighted by Gasteiger charge is 2.19. The van der Waals surface area contributed by atoms with Gasteiger partial charge in [0, 0.05) is 46.2 Å². The van der Waals surface area contributed by atoms with Gasteiger partial charge in [-0.15, -0.1) is 24.0 Å². The Bertz CT molecular complexity index is 704. The normalized spacial score (nSPS) is 13.8. The van der Waals surface area contributed by atoms with Gasteiger partial charge in [0.2, 0.25) is 11.8 Å². The molecule has 30 heavy (non-hydrogen) atoms. The van der Waals surface area contributed by atoms with Crippen LogP contribution < -0.4 is 5.32 Å². The van der Waals surface area contributed by atoms with Crippen molar-refractivity contribution in [3.63, 3.8) is 0 Å². The molecule has 0 radical (unpaired) electrons. The molecule has 1 fully saturated rings. The van der Waals surface area contributed by atoms with Gasteiger partial charge in [-0.1, -0.05) is 24.3 Å². The maximum absolute atomic E-state index is 12.4. The van der Waals surface area contributed by atoms with Crippen molar-refractivity contribution in [3.8, 4) is 0 Å². The third-order valence-corrected chi connectivity index (χ3v) is 5.16. The van der Waals surface area contributed by atoms with E-state index in [0.29, 0.717) is 39.1 Å². The molecule has 1 saturated heterocycles. The molecular formula is C22H36IN5O2. The molecule has 0 spiro atoms. The molecule has 1 aromatic carbocycles. The van der Waals surface area contributed by atoms with Crippen molar-refractivity contribution in [2.45, 2.75) is 46.7 Å². The number of carbonyl (C=O) groups is 2. The maximum Gasteiger partial charge on any atom is 0.242 e. The summed E-state index contributed by atoms with van der Waals surface area (Å²) >= 11 is 0. The lowest BCUT2D eigenvalue weighted by Crippen LogP contribution is -2.45.